The van der Waals surface area contributed by atoms with E-state index >= 15 is 0 Å². The Bertz CT molecular complexity index is 71.3. The molecule has 0 unspecified atom stereocenters. The molecule has 0 spiro atoms. The molecule has 0 heterocycles. The molecule has 0 saturated heterocycles. The van der Waals surface area contributed by atoms with Crippen LogP contribution in [0.25, 0.3) is 0 Å². The van der Waals surface area contributed by atoms with Crippen LogP contribution in [-0.2, 0) is 4.74 Å². The van der Waals surface area contributed by atoms with Crippen molar-refractivity contribution in [1.29, 1.82) is 0 Å². The molecule has 9 heavy (non-hydrogen) atoms. The van der Waals surface area contributed by atoms with Crippen LogP contribution in [0.2, 0.25) is 6.32 Å². The number of rotatable bonds is 4. The van der Waals surface area contributed by atoms with E-state index in [1.807, 2.05) is 0 Å². The highest BCUT2D eigenvalue weighted by molar-refractivity contribution is 6.08. The highest BCUT2D eigenvalue weighted by Crippen LogP contribution is 2.12. The Morgan fingerprint density at radius 3 is 2.33 bits per heavy atom. The Labute approximate surface area is 59.2 Å². The minimum atomic E-state index is 0.0933. The van der Waals surface area contributed by atoms with Crippen LogP contribution >= 0.6 is 0 Å². The molecule has 0 atom stereocenters. The number of hydrogen-bond donors (Lipinski definition) is 0. The van der Waals surface area contributed by atoms with E-state index in [4.69, 9.17) is 4.74 Å². The number of ether oxygens (including phenoxy) is 1. The SMILES string of the molecule is BCCOC(C)(C)CC. The maximum absolute atomic E-state index is 5.53. The molecule has 0 aliphatic rings. The van der Waals surface area contributed by atoms with Gasteiger partial charge in [0, 0.05) is 6.61 Å². The van der Waals surface area contributed by atoms with E-state index in [0.717, 1.165) is 19.3 Å². The predicted octanol–water partition coefficient (Wildman–Crippen LogP) is 1.24. The van der Waals surface area contributed by atoms with E-state index in [0.29, 0.717) is 0 Å². The molecule has 0 aliphatic carbocycles. The van der Waals surface area contributed by atoms with E-state index in [1.165, 1.54) is 0 Å². The molecule has 0 N–H and O–H groups in total. The van der Waals surface area contributed by atoms with Crippen LogP contribution in [0, 0.1) is 0 Å². The van der Waals surface area contributed by atoms with Gasteiger partial charge < -0.3 is 4.74 Å². The highest BCUT2D eigenvalue weighted by Gasteiger charge is 2.13. The molecule has 2 heteroatoms. The lowest BCUT2D eigenvalue weighted by Crippen LogP contribution is -2.23. The fourth-order valence-corrected chi connectivity index (χ4v) is 0.480. The summed E-state index contributed by atoms with van der Waals surface area (Å²) in [5.74, 6) is 0. The molecule has 0 aromatic rings. The molecular weight excluding hydrogens is 111 g/mol. The summed E-state index contributed by atoms with van der Waals surface area (Å²) >= 11 is 0. The van der Waals surface area contributed by atoms with E-state index in [2.05, 4.69) is 28.6 Å². The third-order valence-electron chi connectivity index (χ3n) is 1.55. The van der Waals surface area contributed by atoms with Crippen LogP contribution in [0.5, 0.6) is 0 Å². The van der Waals surface area contributed by atoms with Crippen molar-refractivity contribution in [3.05, 3.63) is 0 Å². The van der Waals surface area contributed by atoms with Crippen molar-refractivity contribution in [3.63, 3.8) is 0 Å². The lowest BCUT2D eigenvalue weighted by molar-refractivity contribution is -0.0122. The second-order valence-corrected chi connectivity index (χ2v) is 2.96. The first-order chi connectivity index (χ1) is 4.12. The summed E-state index contributed by atoms with van der Waals surface area (Å²) < 4.78 is 5.53. The normalized spacial score (nSPS) is 11.9. The van der Waals surface area contributed by atoms with Crippen molar-refractivity contribution >= 4 is 7.85 Å². The van der Waals surface area contributed by atoms with Crippen LogP contribution in [0.1, 0.15) is 27.2 Å². The maximum atomic E-state index is 5.53. The lowest BCUT2D eigenvalue weighted by atomic mass is 10.0. The van der Waals surface area contributed by atoms with E-state index in [1.54, 1.807) is 0 Å². The lowest BCUT2D eigenvalue weighted by Gasteiger charge is -2.22. The zero-order valence-corrected chi connectivity index (χ0v) is 7.03. The second-order valence-electron chi connectivity index (χ2n) is 2.96. The molecule has 0 amide bonds. The smallest absolute Gasteiger partial charge is 0.104 e. The van der Waals surface area contributed by atoms with Gasteiger partial charge in [-0.2, -0.15) is 0 Å². The standard InChI is InChI=1S/C7H17BO/c1-4-7(2,3)9-6-5-8/h4-6,8H2,1-3H3. The molecule has 0 rings (SSSR count). The topological polar surface area (TPSA) is 9.23 Å². The zero-order chi connectivity index (χ0) is 7.33. The van der Waals surface area contributed by atoms with Crippen LogP contribution in [0.3, 0.4) is 0 Å². The summed E-state index contributed by atoms with van der Waals surface area (Å²) in [6.07, 6.45) is 2.20. The molecule has 0 aliphatic heterocycles. The first kappa shape index (κ1) is 9.02. The summed E-state index contributed by atoms with van der Waals surface area (Å²) in [6, 6.07) is 0. The van der Waals surface area contributed by atoms with E-state index in [9.17, 15) is 0 Å². The van der Waals surface area contributed by atoms with Crippen LogP contribution < -0.4 is 0 Å². The third kappa shape index (κ3) is 4.52. The van der Waals surface area contributed by atoms with Gasteiger partial charge in [-0.15, -0.1) is 0 Å². The van der Waals surface area contributed by atoms with Gasteiger partial charge in [-0.05, 0) is 20.3 Å². The van der Waals surface area contributed by atoms with Crippen molar-refractivity contribution in [2.24, 2.45) is 0 Å². The van der Waals surface area contributed by atoms with Gasteiger partial charge in [0.05, 0.1) is 5.60 Å². The summed E-state index contributed by atoms with van der Waals surface area (Å²) in [4.78, 5) is 0. The van der Waals surface area contributed by atoms with Crippen LogP contribution in [-0.4, -0.2) is 20.1 Å². The van der Waals surface area contributed by atoms with Crippen molar-refractivity contribution < 1.29 is 4.74 Å². The fraction of sp³-hybridized carbons (Fsp3) is 1.00. The van der Waals surface area contributed by atoms with E-state index < -0.39 is 0 Å². The van der Waals surface area contributed by atoms with Gasteiger partial charge in [-0.25, -0.2) is 0 Å². The van der Waals surface area contributed by atoms with Gasteiger partial charge in [0.25, 0.3) is 0 Å². The Hall–Kier alpha value is 0.0249. The second kappa shape index (κ2) is 3.94. The van der Waals surface area contributed by atoms with Crippen molar-refractivity contribution in [2.45, 2.75) is 39.1 Å². The molecule has 54 valence electrons. The Morgan fingerprint density at radius 1 is 1.44 bits per heavy atom. The minimum absolute atomic E-state index is 0.0933. The summed E-state index contributed by atoms with van der Waals surface area (Å²) in [7, 11) is 2.13. The van der Waals surface area contributed by atoms with Gasteiger partial charge in [0.1, 0.15) is 7.85 Å². The van der Waals surface area contributed by atoms with Crippen LogP contribution in [0.4, 0.5) is 0 Å². The largest absolute Gasteiger partial charge is 0.376 e. The first-order valence-electron chi connectivity index (χ1n) is 3.76. The summed E-state index contributed by atoms with van der Waals surface area (Å²) in [5.41, 5.74) is 0.0933. The minimum Gasteiger partial charge on any atom is -0.376 e. The average molecular weight is 128 g/mol. The van der Waals surface area contributed by atoms with Crippen molar-refractivity contribution in [2.75, 3.05) is 6.61 Å². The molecule has 0 radical (unpaired) electrons. The fourth-order valence-electron chi connectivity index (χ4n) is 0.480. The Morgan fingerprint density at radius 2 is 2.00 bits per heavy atom. The molecule has 0 aromatic carbocycles. The molecule has 1 nitrogen and oxygen atoms in total. The Kier molecular flexibility index (Phi) is 3.95. The quantitative estimate of drug-likeness (QED) is 0.517. The van der Waals surface area contributed by atoms with E-state index in [-0.39, 0.29) is 5.60 Å². The first-order valence-corrected chi connectivity index (χ1v) is 3.76. The maximum Gasteiger partial charge on any atom is 0.104 e. The molecule has 0 saturated carbocycles. The summed E-state index contributed by atoms with van der Waals surface area (Å²) in [5, 5.41) is 0. The molecule has 0 fully saturated rings. The molecule has 0 bridgehead atoms. The molecule has 0 aromatic heterocycles. The predicted molar refractivity (Wildman–Crippen MR) is 43.7 cm³/mol. The third-order valence-corrected chi connectivity index (χ3v) is 1.55. The van der Waals surface area contributed by atoms with Crippen molar-refractivity contribution in [3.8, 4) is 0 Å². The van der Waals surface area contributed by atoms with Gasteiger partial charge in [0.15, 0.2) is 0 Å². The van der Waals surface area contributed by atoms with Crippen LogP contribution in [0.15, 0.2) is 0 Å². The molecular formula is C7H17BO. The summed E-state index contributed by atoms with van der Waals surface area (Å²) in [6.45, 7) is 7.29. The van der Waals surface area contributed by atoms with Gasteiger partial charge >= 0.3 is 0 Å². The van der Waals surface area contributed by atoms with Gasteiger partial charge in [0.2, 0.25) is 0 Å². The number of hydrogen-bond acceptors (Lipinski definition) is 1. The highest BCUT2D eigenvalue weighted by atomic mass is 16.5. The van der Waals surface area contributed by atoms with Gasteiger partial charge in [-0.3, -0.25) is 0 Å². The Balaban J connectivity index is 3.33. The monoisotopic (exact) mass is 128 g/mol. The average Bonchev–Trinajstić information content (AvgIpc) is 1.84. The zero-order valence-electron chi connectivity index (χ0n) is 7.03. The van der Waals surface area contributed by atoms with Crippen molar-refractivity contribution in [1.82, 2.24) is 0 Å². The van der Waals surface area contributed by atoms with Gasteiger partial charge in [-0.1, -0.05) is 13.2 Å².